The zero-order chi connectivity index (χ0) is 25.5. The van der Waals surface area contributed by atoms with Gasteiger partial charge in [-0.15, -0.1) is 11.3 Å². The molecule has 6 rings (SSSR count). The number of phenolic OH excluding ortho intramolecular Hbond substituents is 1. The van der Waals surface area contributed by atoms with E-state index >= 15 is 0 Å². The number of hydrogen-bond acceptors (Lipinski definition) is 6. The number of methoxy groups -OCH3 is 1. The number of carbonyl (C=O) groups is 1. The molecule has 2 aliphatic rings. The van der Waals surface area contributed by atoms with Crippen LogP contribution in [-0.4, -0.2) is 46.0 Å². The number of carbonyl (C=O) groups excluding carboxylic acids is 1. The molecule has 1 N–H and O–H groups in total. The van der Waals surface area contributed by atoms with Gasteiger partial charge in [0.2, 0.25) is 5.91 Å². The van der Waals surface area contributed by atoms with Gasteiger partial charge in [0.25, 0.3) is 0 Å². The van der Waals surface area contributed by atoms with Gasteiger partial charge < -0.3 is 14.7 Å². The van der Waals surface area contributed by atoms with E-state index in [1.54, 1.807) is 24.5 Å². The van der Waals surface area contributed by atoms with Crippen LogP contribution in [0.15, 0.2) is 48.5 Å². The Morgan fingerprint density at radius 3 is 2.70 bits per heavy atom. The van der Waals surface area contributed by atoms with Crippen LogP contribution in [0.5, 0.6) is 11.5 Å². The fourth-order valence-corrected chi connectivity index (χ4v) is 7.04. The van der Waals surface area contributed by atoms with Crippen LogP contribution in [0.1, 0.15) is 34.5 Å². The third-order valence-electron chi connectivity index (χ3n) is 7.31. The van der Waals surface area contributed by atoms with Crippen molar-refractivity contribution in [2.75, 3.05) is 20.2 Å². The molecular weight excluding hydrogens is 506 g/mol. The molecule has 1 fully saturated rings. The summed E-state index contributed by atoms with van der Waals surface area (Å²) in [5, 5.41) is 11.9. The number of aromatic hydroxyl groups is 1. The van der Waals surface area contributed by atoms with Crippen molar-refractivity contribution >= 4 is 39.1 Å². The molecule has 0 unspecified atom stereocenters. The largest absolute Gasteiger partial charge is 0.504 e. The minimum Gasteiger partial charge on any atom is -0.504 e. The van der Waals surface area contributed by atoms with Crippen molar-refractivity contribution in [3.05, 3.63) is 75.3 Å². The van der Waals surface area contributed by atoms with Gasteiger partial charge in [0, 0.05) is 48.4 Å². The summed E-state index contributed by atoms with van der Waals surface area (Å²) in [6, 6.07) is 15.9. The van der Waals surface area contributed by atoms with E-state index in [1.165, 1.54) is 16.0 Å². The second kappa shape index (κ2) is 9.97. The van der Waals surface area contributed by atoms with E-state index in [-0.39, 0.29) is 11.7 Å². The van der Waals surface area contributed by atoms with E-state index in [4.69, 9.17) is 21.3 Å². The maximum Gasteiger partial charge on any atom is 0.222 e. The highest BCUT2D eigenvalue weighted by Crippen LogP contribution is 2.46. The molecule has 37 heavy (non-hydrogen) atoms. The standard InChI is InChI=1S/C29H28ClN3O3S/c1-36-23-14-19(9-10-22(23)34)26-27-20-11-13-32(15-18-6-3-2-4-7-18)17-24(20)37-29(27)31-21(28(26)30)16-33-12-5-8-25(33)35/h2-4,6-7,9-10,14,34H,5,8,11-13,15-17H2,1H3. The van der Waals surface area contributed by atoms with E-state index in [0.717, 1.165) is 60.4 Å². The number of nitrogens with zero attached hydrogens (tertiary/aromatic N) is 3. The summed E-state index contributed by atoms with van der Waals surface area (Å²) < 4.78 is 5.41. The minimum atomic E-state index is 0.0828. The number of fused-ring (bicyclic) bond motifs is 3. The maximum atomic E-state index is 12.4. The Morgan fingerprint density at radius 1 is 1.11 bits per heavy atom. The van der Waals surface area contributed by atoms with Crippen molar-refractivity contribution in [1.82, 2.24) is 14.8 Å². The number of halogens is 1. The Morgan fingerprint density at radius 2 is 1.95 bits per heavy atom. The SMILES string of the molecule is COc1cc(-c2c(Cl)c(CN3CCCC3=O)nc3sc4c(c23)CCN(Cc2ccccc2)C4)ccc1O. The first kappa shape index (κ1) is 24.2. The van der Waals surface area contributed by atoms with Crippen LogP contribution in [0, 0.1) is 0 Å². The highest BCUT2D eigenvalue weighted by molar-refractivity contribution is 7.19. The van der Waals surface area contributed by atoms with Crippen molar-refractivity contribution in [2.45, 2.75) is 38.9 Å². The third-order valence-corrected chi connectivity index (χ3v) is 8.82. The molecule has 2 aliphatic heterocycles. The van der Waals surface area contributed by atoms with Crippen LogP contribution in [-0.2, 0) is 30.8 Å². The number of thiophene rings is 1. The van der Waals surface area contributed by atoms with Crippen LogP contribution in [0.25, 0.3) is 21.3 Å². The number of ether oxygens (including phenoxy) is 1. The summed E-state index contributed by atoms with van der Waals surface area (Å²) in [5.74, 6) is 0.625. The van der Waals surface area contributed by atoms with Gasteiger partial charge in [0.15, 0.2) is 11.5 Å². The van der Waals surface area contributed by atoms with Crippen LogP contribution in [0.3, 0.4) is 0 Å². The Hall–Kier alpha value is -3.13. The average molecular weight is 534 g/mol. The summed E-state index contributed by atoms with van der Waals surface area (Å²) >= 11 is 8.83. The van der Waals surface area contributed by atoms with Crippen LogP contribution in [0.4, 0.5) is 0 Å². The quantitative estimate of drug-likeness (QED) is 0.329. The molecule has 0 spiro atoms. The van der Waals surface area contributed by atoms with Gasteiger partial charge in [-0.05, 0) is 41.7 Å². The van der Waals surface area contributed by atoms with Crippen molar-refractivity contribution < 1.29 is 14.6 Å². The van der Waals surface area contributed by atoms with Crippen molar-refractivity contribution in [3.63, 3.8) is 0 Å². The summed E-state index contributed by atoms with van der Waals surface area (Å²) in [6.07, 6.45) is 2.35. The molecular formula is C29H28ClN3O3S. The highest BCUT2D eigenvalue weighted by atomic mass is 35.5. The fourth-order valence-electron chi connectivity index (χ4n) is 5.44. The van der Waals surface area contributed by atoms with Gasteiger partial charge in [0.05, 0.1) is 24.4 Å². The first-order chi connectivity index (χ1) is 18.0. The molecule has 1 saturated heterocycles. The number of phenols is 1. The highest BCUT2D eigenvalue weighted by Gasteiger charge is 2.28. The summed E-state index contributed by atoms with van der Waals surface area (Å²) in [4.78, 5) is 24.0. The predicted octanol–water partition coefficient (Wildman–Crippen LogP) is 6.01. The summed E-state index contributed by atoms with van der Waals surface area (Å²) in [7, 11) is 1.54. The van der Waals surface area contributed by atoms with Gasteiger partial charge in [-0.2, -0.15) is 0 Å². The molecule has 4 heterocycles. The minimum absolute atomic E-state index is 0.0828. The molecule has 190 valence electrons. The first-order valence-electron chi connectivity index (χ1n) is 12.6. The zero-order valence-corrected chi connectivity index (χ0v) is 22.2. The smallest absolute Gasteiger partial charge is 0.222 e. The Kier molecular flexibility index (Phi) is 6.53. The molecule has 1 amide bonds. The lowest BCUT2D eigenvalue weighted by Gasteiger charge is -2.27. The van der Waals surface area contributed by atoms with E-state index < -0.39 is 0 Å². The zero-order valence-electron chi connectivity index (χ0n) is 20.7. The molecule has 4 aromatic rings. The van der Waals surface area contributed by atoms with E-state index in [9.17, 15) is 9.90 Å². The van der Waals surface area contributed by atoms with Crippen molar-refractivity contribution in [1.29, 1.82) is 0 Å². The Labute approximate surface area is 225 Å². The molecule has 6 nitrogen and oxygen atoms in total. The second-order valence-electron chi connectivity index (χ2n) is 9.68. The number of rotatable bonds is 6. The van der Waals surface area contributed by atoms with E-state index in [0.29, 0.717) is 29.4 Å². The van der Waals surface area contributed by atoms with Crippen molar-refractivity contribution in [2.24, 2.45) is 0 Å². The van der Waals surface area contributed by atoms with Crippen LogP contribution in [0.2, 0.25) is 5.02 Å². The average Bonchev–Trinajstić information content (AvgIpc) is 3.47. The maximum absolute atomic E-state index is 12.4. The topological polar surface area (TPSA) is 65.9 Å². The lowest BCUT2D eigenvalue weighted by molar-refractivity contribution is -0.128. The predicted molar refractivity (Wildman–Crippen MR) is 147 cm³/mol. The van der Waals surface area contributed by atoms with Gasteiger partial charge in [-0.3, -0.25) is 9.69 Å². The lowest BCUT2D eigenvalue weighted by atomic mass is 9.95. The molecule has 2 aromatic heterocycles. The summed E-state index contributed by atoms with van der Waals surface area (Å²) in [6.45, 7) is 3.85. The number of likely N-dealkylation sites (tertiary alicyclic amines) is 1. The number of aromatic nitrogens is 1. The van der Waals surface area contributed by atoms with Crippen LogP contribution >= 0.6 is 22.9 Å². The Balaban J connectivity index is 1.46. The van der Waals surface area contributed by atoms with E-state index in [2.05, 4.69) is 29.2 Å². The molecule has 8 heteroatoms. The molecule has 2 aromatic carbocycles. The van der Waals surface area contributed by atoms with Gasteiger partial charge in [-0.1, -0.05) is 48.0 Å². The summed E-state index contributed by atoms with van der Waals surface area (Å²) in [5.41, 5.74) is 5.09. The number of pyridine rings is 1. The first-order valence-corrected chi connectivity index (χ1v) is 13.8. The van der Waals surface area contributed by atoms with Gasteiger partial charge in [-0.25, -0.2) is 4.98 Å². The van der Waals surface area contributed by atoms with Crippen LogP contribution < -0.4 is 4.74 Å². The Bertz CT molecular complexity index is 1490. The van der Waals surface area contributed by atoms with E-state index in [1.807, 2.05) is 23.1 Å². The molecule has 0 atom stereocenters. The number of hydrogen-bond donors (Lipinski definition) is 1. The normalized spacial score (nSPS) is 15.9. The van der Waals surface area contributed by atoms with Gasteiger partial charge >= 0.3 is 0 Å². The number of benzene rings is 2. The fraction of sp³-hybridized carbons (Fsp3) is 0.310. The monoisotopic (exact) mass is 533 g/mol. The molecule has 0 radical (unpaired) electrons. The third kappa shape index (κ3) is 4.56. The second-order valence-corrected chi connectivity index (χ2v) is 11.1. The van der Waals surface area contributed by atoms with Crippen molar-refractivity contribution in [3.8, 4) is 22.6 Å². The molecule has 0 aliphatic carbocycles. The number of amides is 1. The lowest BCUT2D eigenvalue weighted by Crippen LogP contribution is -2.29. The molecule has 0 bridgehead atoms. The molecule has 0 saturated carbocycles. The van der Waals surface area contributed by atoms with Gasteiger partial charge in [0.1, 0.15) is 4.83 Å².